The third-order valence-electron chi connectivity index (χ3n) is 3.15. The van der Waals surface area contributed by atoms with Crippen molar-refractivity contribution in [1.29, 1.82) is 0 Å². The molecule has 0 aliphatic rings. The van der Waals surface area contributed by atoms with Crippen molar-refractivity contribution in [2.24, 2.45) is 0 Å². The van der Waals surface area contributed by atoms with Gasteiger partial charge in [0.2, 0.25) is 0 Å². The minimum atomic E-state index is -0.508. The number of hydrogen-bond acceptors (Lipinski definition) is 3. The molecule has 0 heterocycles. The Morgan fingerprint density at radius 1 is 1.17 bits per heavy atom. The van der Waals surface area contributed by atoms with Gasteiger partial charge in [-0.15, -0.1) is 0 Å². The summed E-state index contributed by atoms with van der Waals surface area (Å²) in [6.45, 7) is 1.38. The first kappa shape index (κ1) is 18.4. The molecule has 0 atom stereocenters. The lowest BCUT2D eigenvalue weighted by Gasteiger charge is -2.09. The Hall–Kier alpha value is -1.92. The molecular formula is C18H19BrFNO3. The average Bonchev–Trinajstić information content (AvgIpc) is 2.58. The van der Waals surface area contributed by atoms with Gasteiger partial charge in [0.25, 0.3) is 5.91 Å². The van der Waals surface area contributed by atoms with E-state index in [4.69, 9.17) is 9.47 Å². The first-order chi connectivity index (χ1) is 11.6. The van der Waals surface area contributed by atoms with Gasteiger partial charge >= 0.3 is 0 Å². The van der Waals surface area contributed by atoms with Gasteiger partial charge in [0.1, 0.15) is 0 Å². The highest BCUT2D eigenvalue weighted by atomic mass is 79.9. The highest BCUT2D eigenvalue weighted by Gasteiger charge is 2.07. The van der Waals surface area contributed by atoms with Gasteiger partial charge in [-0.05, 0) is 30.2 Å². The van der Waals surface area contributed by atoms with Crippen molar-refractivity contribution in [3.8, 4) is 5.75 Å². The van der Waals surface area contributed by atoms with Crippen molar-refractivity contribution >= 4 is 21.8 Å². The van der Waals surface area contributed by atoms with Crippen molar-refractivity contribution < 1.29 is 18.7 Å². The van der Waals surface area contributed by atoms with E-state index in [0.29, 0.717) is 30.7 Å². The monoisotopic (exact) mass is 395 g/mol. The SMILES string of the molecule is O=C(COc1ccc(Br)cc1F)NCCCOCc1ccccc1. The quantitative estimate of drug-likeness (QED) is 0.658. The molecule has 0 aliphatic carbocycles. The van der Waals surface area contributed by atoms with Gasteiger partial charge in [0.05, 0.1) is 6.61 Å². The fraction of sp³-hybridized carbons (Fsp3) is 0.278. The summed E-state index contributed by atoms with van der Waals surface area (Å²) >= 11 is 3.16. The van der Waals surface area contributed by atoms with Crippen molar-refractivity contribution in [2.45, 2.75) is 13.0 Å². The normalized spacial score (nSPS) is 10.4. The molecule has 0 radical (unpaired) electrons. The third-order valence-corrected chi connectivity index (χ3v) is 3.65. The van der Waals surface area contributed by atoms with Gasteiger partial charge in [-0.1, -0.05) is 46.3 Å². The lowest BCUT2D eigenvalue weighted by atomic mass is 10.2. The zero-order valence-corrected chi connectivity index (χ0v) is 14.7. The number of hydrogen-bond donors (Lipinski definition) is 1. The van der Waals surface area contributed by atoms with Crippen LogP contribution in [-0.4, -0.2) is 25.7 Å². The zero-order valence-electron chi connectivity index (χ0n) is 13.1. The second-order valence-corrected chi connectivity index (χ2v) is 6.02. The number of carbonyl (C=O) groups excluding carboxylic acids is 1. The Bertz CT molecular complexity index is 652. The molecule has 1 amide bonds. The molecule has 2 aromatic carbocycles. The lowest BCUT2D eigenvalue weighted by Crippen LogP contribution is -2.30. The van der Waals surface area contributed by atoms with Crippen molar-refractivity contribution in [1.82, 2.24) is 5.32 Å². The van der Waals surface area contributed by atoms with Crippen molar-refractivity contribution in [3.05, 3.63) is 64.4 Å². The Kier molecular flexibility index (Phi) is 7.71. The topological polar surface area (TPSA) is 47.6 Å². The van der Waals surface area contributed by atoms with E-state index in [-0.39, 0.29) is 18.3 Å². The fourth-order valence-corrected chi connectivity index (χ4v) is 2.29. The Labute approximate surface area is 149 Å². The summed E-state index contributed by atoms with van der Waals surface area (Å²) in [6, 6.07) is 14.3. The predicted molar refractivity (Wildman–Crippen MR) is 93.3 cm³/mol. The van der Waals surface area contributed by atoms with Crippen LogP contribution in [0.4, 0.5) is 4.39 Å². The van der Waals surface area contributed by atoms with E-state index in [1.807, 2.05) is 30.3 Å². The van der Waals surface area contributed by atoms with Crippen LogP contribution >= 0.6 is 15.9 Å². The van der Waals surface area contributed by atoms with Crippen LogP contribution in [0.5, 0.6) is 5.75 Å². The molecule has 24 heavy (non-hydrogen) atoms. The Morgan fingerprint density at radius 2 is 1.96 bits per heavy atom. The Balaban J connectivity index is 1.55. The maximum atomic E-state index is 13.5. The van der Waals surface area contributed by atoms with Crippen molar-refractivity contribution in [2.75, 3.05) is 19.8 Å². The smallest absolute Gasteiger partial charge is 0.257 e. The van der Waals surface area contributed by atoms with Crippen LogP contribution < -0.4 is 10.1 Å². The number of nitrogens with one attached hydrogen (secondary N) is 1. The molecule has 0 bridgehead atoms. The summed E-state index contributed by atoms with van der Waals surface area (Å²) in [4.78, 5) is 11.6. The number of halogens is 2. The number of rotatable bonds is 9. The number of carbonyl (C=O) groups is 1. The largest absolute Gasteiger partial charge is 0.481 e. The maximum absolute atomic E-state index is 13.5. The fourth-order valence-electron chi connectivity index (χ4n) is 1.95. The molecule has 0 saturated carbocycles. The van der Waals surface area contributed by atoms with E-state index in [2.05, 4.69) is 21.2 Å². The molecule has 4 nitrogen and oxygen atoms in total. The molecule has 128 valence electrons. The highest BCUT2D eigenvalue weighted by molar-refractivity contribution is 9.10. The molecule has 0 unspecified atom stereocenters. The minimum Gasteiger partial charge on any atom is -0.481 e. The van der Waals surface area contributed by atoms with Crippen LogP contribution in [0.2, 0.25) is 0 Å². The second-order valence-electron chi connectivity index (χ2n) is 5.11. The second kappa shape index (κ2) is 10.1. The first-order valence-electron chi connectivity index (χ1n) is 7.61. The van der Waals surface area contributed by atoms with Crippen LogP contribution in [0.1, 0.15) is 12.0 Å². The maximum Gasteiger partial charge on any atom is 0.257 e. The molecule has 2 aromatic rings. The summed E-state index contributed by atoms with van der Waals surface area (Å²) in [5, 5.41) is 2.71. The van der Waals surface area contributed by atoms with Gasteiger partial charge in [0.15, 0.2) is 18.2 Å². The van der Waals surface area contributed by atoms with Crippen LogP contribution in [0, 0.1) is 5.82 Å². The first-order valence-corrected chi connectivity index (χ1v) is 8.40. The van der Waals surface area contributed by atoms with E-state index in [1.54, 1.807) is 6.07 Å². The molecule has 1 N–H and O–H groups in total. The summed E-state index contributed by atoms with van der Waals surface area (Å²) in [5.41, 5.74) is 1.12. The van der Waals surface area contributed by atoms with Crippen molar-refractivity contribution in [3.63, 3.8) is 0 Å². The van der Waals surface area contributed by atoms with Gasteiger partial charge in [-0.3, -0.25) is 4.79 Å². The Morgan fingerprint density at radius 3 is 2.71 bits per heavy atom. The highest BCUT2D eigenvalue weighted by Crippen LogP contribution is 2.21. The van der Waals surface area contributed by atoms with Gasteiger partial charge in [-0.25, -0.2) is 4.39 Å². The molecule has 2 rings (SSSR count). The average molecular weight is 396 g/mol. The minimum absolute atomic E-state index is 0.0551. The van der Waals surface area contributed by atoms with Crippen LogP contribution in [0.15, 0.2) is 53.0 Å². The summed E-state index contributed by atoms with van der Waals surface area (Å²) in [5.74, 6) is -0.744. The van der Waals surface area contributed by atoms with Gasteiger partial charge in [-0.2, -0.15) is 0 Å². The molecule has 0 saturated heterocycles. The van der Waals surface area contributed by atoms with Crippen LogP contribution in [0.3, 0.4) is 0 Å². The van der Waals surface area contributed by atoms with Crippen LogP contribution in [0.25, 0.3) is 0 Å². The standard InChI is InChI=1S/C18H19BrFNO3/c19-15-7-8-17(16(20)11-15)24-13-18(22)21-9-4-10-23-12-14-5-2-1-3-6-14/h1-3,5-8,11H,4,9-10,12-13H2,(H,21,22). The number of benzene rings is 2. The number of ether oxygens (including phenoxy) is 2. The van der Waals surface area contributed by atoms with E-state index in [1.165, 1.54) is 12.1 Å². The van der Waals surface area contributed by atoms with E-state index in [0.717, 1.165) is 5.56 Å². The van der Waals surface area contributed by atoms with E-state index < -0.39 is 5.82 Å². The van der Waals surface area contributed by atoms with E-state index >= 15 is 0 Å². The molecule has 0 aliphatic heterocycles. The van der Waals surface area contributed by atoms with E-state index in [9.17, 15) is 9.18 Å². The summed E-state index contributed by atoms with van der Waals surface area (Å²) in [6.07, 6.45) is 0.700. The van der Waals surface area contributed by atoms with Gasteiger partial charge < -0.3 is 14.8 Å². The molecule has 6 heteroatoms. The molecule has 0 fully saturated rings. The predicted octanol–water partition coefficient (Wildman–Crippen LogP) is 3.69. The number of amides is 1. The van der Waals surface area contributed by atoms with Gasteiger partial charge in [0, 0.05) is 17.6 Å². The third kappa shape index (κ3) is 6.68. The summed E-state index contributed by atoms with van der Waals surface area (Å²) in [7, 11) is 0. The molecular weight excluding hydrogens is 377 g/mol. The summed E-state index contributed by atoms with van der Waals surface area (Å²) < 4.78 is 24.8. The lowest BCUT2D eigenvalue weighted by molar-refractivity contribution is -0.123. The van der Waals surface area contributed by atoms with Crippen LogP contribution in [-0.2, 0) is 16.1 Å². The molecule has 0 spiro atoms. The molecule has 0 aromatic heterocycles. The zero-order chi connectivity index (χ0) is 17.2.